The van der Waals surface area contributed by atoms with Crippen LogP contribution in [0.1, 0.15) is 0 Å². The Labute approximate surface area is 170 Å². The van der Waals surface area contributed by atoms with E-state index in [0.717, 1.165) is 0 Å². The molecule has 0 aliphatic carbocycles. The van der Waals surface area contributed by atoms with Gasteiger partial charge < -0.3 is 41.1 Å². The number of phosphoric ester groups is 1. The summed E-state index contributed by atoms with van der Waals surface area (Å²) in [6.07, 6.45) is 0.559. The maximum Gasteiger partial charge on any atom is 0.490 e. The molecular weight excluding hydrogens is 482 g/mol. The quantitative estimate of drug-likeness (QED) is 0.167. The van der Waals surface area contributed by atoms with E-state index in [1.165, 1.54) is 13.4 Å². The highest BCUT2D eigenvalue weighted by Crippen LogP contribution is 2.66. The number of halogens is 1. The molecule has 1 rings (SSSR count). The van der Waals surface area contributed by atoms with E-state index in [1.807, 2.05) is 0 Å². The van der Waals surface area contributed by atoms with Gasteiger partial charge in [-0.1, -0.05) is 0 Å². The summed E-state index contributed by atoms with van der Waals surface area (Å²) in [6.45, 7) is -0.566. The van der Waals surface area contributed by atoms with Crippen molar-refractivity contribution in [3.63, 3.8) is 0 Å². The van der Waals surface area contributed by atoms with Crippen molar-refractivity contribution in [3.8, 4) is 0 Å². The highest BCUT2D eigenvalue weighted by Gasteiger charge is 2.40. The summed E-state index contributed by atoms with van der Waals surface area (Å²) in [6, 6.07) is 0. The summed E-state index contributed by atoms with van der Waals surface area (Å²) in [5.74, 6) is 0.763. The van der Waals surface area contributed by atoms with Gasteiger partial charge in [0.15, 0.2) is 11.6 Å². The third-order valence-corrected chi connectivity index (χ3v) is 6.64. The van der Waals surface area contributed by atoms with E-state index in [1.54, 1.807) is 7.05 Å². The van der Waals surface area contributed by atoms with Gasteiger partial charge in [0.2, 0.25) is 0 Å². The minimum absolute atomic E-state index is 0.105. The molecule has 0 saturated carbocycles. The van der Waals surface area contributed by atoms with Crippen LogP contribution < -0.4 is 16.8 Å². The molecule has 9 N–H and O–H groups in total. The molecule has 0 spiro atoms. The largest absolute Gasteiger partial charge is 0.490 e. The fourth-order valence-electron chi connectivity index (χ4n) is 1.26. The topological polar surface area (TPSA) is 259 Å². The summed E-state index contributed by atoms with van der Waals surface area (Å²) in [7, 11) is -13.0. The Hall–Kier alpha value is -0.860. The zero-order valence-electron chi connectivity index (χ0n) is 15.0. The average Bonchev–Trinajstić information content (AvgIpc) is 2.55. The van der Waals surface area contributed by atoms with Crippen molar-refractivity contribution in [2.45, 2.75) is 6.10 Å². The molecule has 1 aromatic rings. The second-order valence-corrected chi connectivity index (χ2v) is 9.40. The van der Waals surface area contributed by atoms with Crippen molar-refractivity contribution < 1.29 is 51.2 Å². The molecular formula is C9H21ClN5O11P3. The third-order valence-electron chi connectivity index (χ3n) is 2.50. The van der Waals surface area contributed by atoms with Gasteiger partial charge in [-0.2, -0.15) is 8.62 Å². The first-order valence-electron chi connectivity index (χ1n) is 7.07. The fourth-order valence-corrected chi connectivity index (χ4v) is 4.53. The van der Waals surface area contributed by atoms with Gasteiger partial charge in [-0.25, -0.2) is 23.7 Å². The highest BCUT2D eigenvalue weighted by molar-refractivity contribution is 7.66. The zero-order chi connectivity index (χ0) is 22.9. The molecule has 16 nitrogen and oxygen atoms in total. The Bertz CT molecular complexity index is 791. The van der Waals surface area contributed by atoms with Crippen LogP contribution >= 0.6 is 35.1 Å². The van der Waals surface area contributed by atoms with Crippen molar-refractivity contribution in [2.75, 3.05) is 43.4 Å². The molecule has 3 unspecified atom stereocenters. The molecule has 0 radical (unpaired) electrons. The smallest absolute Gasteiger partial charge is 0.393 e. The van der Waals surface area contributed by atoms with Gasteiger partial charge in [-0.3, -0.25) is 4.52 Å². The Kier molecular flexibility index (Phi) is 11.7. The van der Waals surface area contributed by atoms with Crippen LogP contribution in [0.15, 0.2) is 6.33 Å². The van der Waals surface area contributed by atoms with E-state index < -0.39 is 36.2 Å². The molecule has 0 fully saturated rings. The summed E-state index contributed by atoms with van der Waals surface area (Å²) >= 11 is 5.37. The van der Waals surface area contributed by atoms with Gasteiger partial charge in [0, 0.05) is 14.2 Å². The molecule has 1 aromatic heterocycles. The van der Waals surface area contributed by atoms with Crippen LogP contribution in [0.2, 0.25) is 0 Å². The van der Waals surface area contributed by atoms with Crippen LogP contribution in [0.3, 0.4) is 0 Å². The number of hydrogen-bond donors (Lipinski definition) is 7. The number of nitrogens with zero attached hydrogens (tertiary/aromatic N) is 2. The first-order chi connectivity index (χ1) is 13.2. The monoisotopic (exact) mass is 503 g/mol. The first kappa shape index (κ1) is 28.1. The summed E-state index contributed by atoms with van der Waals surface area (Å²) in [5.41, 5.74) is 11.3. The van der Waals surface area contributed by atoms with E-state index in [9.17, 15) is 13.7 Å². The summed E-state index contributed by atoms with van der Waals surface area (Å²) in [4.78, 5) is 41.9. The van der Waals surface area contributed by atoms with E-state index in [0.29, 0.717) is 17.3 Å². The normalized spacial score (nSPS) is 16.7. The van der Waals surface area contributed by atoms with Crippen molar-refractivity contribution in [1.82, 2.24) is 9.97 Å². The number of hydrogen-bond acceptors (Lipinski definition) is 12. The Balaban J connectivity index is 0.000000651. The Morgan fingerprint density at radius 3 is 2.14 bits per heavy atom. The van der Waals surface area contributed by atoms with E-state index in [4.69, 9.17) is 42.6 Å². The standard InChI is InChI=1S/C5H9N5.C4H12ClO11P3/c1-8-5-3(6)4(7)9-2-10-5;1-13-4(2-5)3-14-18(9,10)16-19(11,12)15-17(6,7)8/h2H,6H2,1H3,(H3,7,8,9,10);4H,2-3H2,1H3,(H,9,10)(H,11,12)(H2,6,7,8). The maximum atomic E-state index is 11.2. The molecule has 29 heavy (non-hydrogen) atoms. The SMILES string of the molecule is CNc1ncnc(N)c1N.COC(CCl)COP(=O)(O)OP(=O)(O)OP(=O)(O)O. The highest BCUT2D eigenvalue weighted by atomic mass is 35.5. The maximum absolute atomic E-state index is 11.2. The van der Waals surface area contributed by atoms with Crippen LogP contribution in [0.4, 0.5) is 17.3 Å². The second-order valence-electron chi connectivity index (χ2n) is 4.67. The number of rotatable bonds is 10. The molecule has 20 heteroatoms. The minimum atomic E-state index is -5.49. The number of aromatic nitrogens is 2. The number of anilines is 3. The van der Waals surface area contributed by atoms with Crippen molar-refractivity contribution in [1.29, 1.82) is 0 Å². The van der Waals surface area contributed by atoms with Crippen molar-refractivity contribution in [3.05, 3.63) is 6.33 Å². The van der Waals surface area contributed by atoms with E-state index in [-0.39, 0.29) is 5.88 Å². The zero-order valence-corrected chi connectivity index (χ0v) is 18.4. The van der Waals surface area contributed by atoms with Crippen LogP contribution in [0, 0.1) is 0 Å². The third kappa shape index (κ3) is 12.4. The molecule has 1 heterocycles. The van der Waals surface area contributed by atoms with Crippen LogP contribution in [-0.2, 0) is 31.6 Å². The minimum Gasteiger partial charge on any atom is -0.393 e. The van der Waals surface area contributed by atoms with Crippen molar-refractivity contribution >= 4 is 52.4 Å². The number of nitrogens with two attached hydrogens (primary N) is 2. The summed E-state index contributed by atoms with van der Waals surface area (Å²) < 4.78 is 48.3. The molecule has 170 valence electrons. The van der Waals surface area contributed by atoms with Gasteiger partial charge in [0.25, 0.3) is 0 Å². The molecule has 0 bridgehead atoms. The molecule has 0 aliphatic rings. The molecule has 0 aliphatic heterocycles. The number of methoxy groups -OCH3 is 1. The number of phosphoric acid groups is 3. The van der Waals surface area contributed by atoms with Gasteiger partial charge in [-0.15, -0.1) is 11.6 Å². The van der Waals surface area contributed by atoms with Crippen LogP contribution in [0.5, 0.6) is 0 Å². The second kappa shape index (κ2) is 12.1. The Morgan fingerprint density at radius 2 is 1.72 bits per heavy atom. The lowest BCUT2D eigenvalue weighted by Gasteiger charge is -2.18. The summed E-state index contributed by atoms with van der Waals surface area (Å²) in [5, 5.41) is 2.78. The van der Waals surface area contributed by atoms with Crippen LogP contribution in [0.25, 0.3) is 0 Å². The van der Waals surface area contributed by atoms with Gasteiger partial charge in [-0.05, 0) is 0 Å². The number of nitrogen functional groups attached to an aromatic ring is 2. The predicted octanol–water partition coefficient (Wildman–Crippen LogP) is 0.266. The van der Waals surface area contributed by atoms with Gasteiger partial charge in [0.05, 0.1) is 18.6 Å². The van der Waals surface area contributed by atoms with Crippen molar-refractivity contribution in [2.24, 2.45) is 0 Å². The lowest BCUT2D eigenvalue weighted by atomic mass is 10.4. The van der Waals surface area contributed by atoms with Gasteiger partial charge in [0.1, 0.15) is 12.0 Å². The Morgan fingerprint density at radius 1 is 1.14 bits per heavy atom. The predicted molar refractivity (Wildman–Crippen MR) is 102 cm³/mol. The lowest BCUT2D eigenvalue weighted by Crippen LogP contribution is -2.19. The first-order valence-corrected chi connectivity index (χ1v) is 12.1. The lowest BCUT2D eigenvalue weighted by molar-refractivity contribution is 0.0590. The van der Waals surface area contributed by atoms with E-state index >= 15 is 0 Å². The van der Waals surface area contributed by atoms with Crippen LogP contribution in [-0.4, -0.2) is 62.3 Å². The fraction of sp³-hybridized carbons (Fsp3) is 0.556. The molecule has 0 saturated heterocycles. The molecule has 0 amide bonds. The average molecular weight is 504 g/mol. The van der Waals surface area contributed by atoms with Gasteiger partial charge >= 0.3 is 23.5 Å². The number of ether oxygens (including phenoxy) is 1. The number of nitrogens with one attached hydrogen (secondary N) is 1. The van der Waals surface area contributed by atoms with E-state index in [2.05, 4.69) is 33.2 Å². The number of alkyl halides is 1. The molecule has 0 aromatic carbocycles. The molecule has 3 atom stereocenters.